The van der Waals surface area contributed by atoms with Crippen molar-refractivity contribution >= 4 is 23.6 Å². The van der Waals surface area contributed by atoms with Crippen molar-refractivity contribution in [2.75, 3.05) is 50.0 Å². The van der Waals surface area contributed by atoms with Gasteiger partial charge in [-0.15, -0.1) is 0 Å². The zero-order valence-corrected chi connectivity index (χ0v) is 12.8. The molecule has 2 fully saturated rings. The summed E-state index contributed by atoms with van der Waals surface area (Å²) in [5.41, 5.74) is 0. The number of rotatable bonds is 3. The molecule has 2 amide bonds. The first-order valence-electron chi connectivity index (χ1n) is 7.46. The molecule has 0 radical (unpaired) electrons. The molecule has 0 spiro atoms. The fourth-order valence-corrected chi connectivity index (χ4v) is 2.88. The summed E-state index contributed by atoms with van der Waals surface area (Å²) in [4.78, 5) is 38.2. The highest BCUT2D eigenvalue weighted by Gasteiger charge is 2.41. The fourth-order valence-electron chi connectivity index (χ4n) is 2.88. The van der Waals surface area contributed by atoms with Crippen molar-refractivity contribution in [1.82, 2.24) is 19.8 Å². The van der Waals surface area contributed by atoms with E-state index in [4.69, 9.17) is 0 Å². The lowest BCUT2D eigenvalue weighted by Crippen LogP contribution is -2.66. The van der Waals surface area contributed by atoms with Gasteiger partial charge in [-0.1, -0.05) is 0 Å². The molecular weight excluding hydrogens is 284 g/mol. The summed E-state index contributed by atoms with van der Waals surface area (Å²) in [6.45, 7) is 4.55. The SMILES string of the molecule is CCNc1ccnc(N2CCN3C(=O)CN(C)C(=O)C3C2)n1. The summed E-state index contributed by atoms with van der Waals surface area (Å²) in [5.74, 6) is 1.34. The summed E-state index contributed by atoms with van der Waals surface area (Å²) < 4.78 is 0. The number of anilines is 2. The van der Waals surface area contributed by atoms with Crippen molar-refractivity contribution in [3.8, 4) is 0 Å². The molecule has 2 saturated heterocycles. The highest BCUT2D eigenvalue weighted by Crippen LogP contribution is 2.20. The zero-order valence-electron chi connectivity index (χ0n) is 12.8. The lowest BCUT2D eigenvalue weighted by Gasteiger charge is -2.45. The topological polar surface area (TPSA) is 81.7 Å². The number of nitrogens with one attached hydrogen (secondary N) is 1. The van der Waals surface area contributed by atoms with Crippen LogP contribution in [-0.4, -0.2) is 77.4 Å². The Morgan fingerprint density at radius 1 is 1.36 bits per heavy atom. The molecule has 2 aliphatic rings. The van der Waals surface area contributed by atoms with Gasteiger partial charge in [-0.25, -0.2) is 4.98 Å². The molecular formula is C14H20N6O2. The van der Waals surface area contributed by atoms with Crippen LogP contribution in [0.4, 0.5) is 11.8 Å². The molecule has 1 aromatic rings. The van der Waals surface area contributed by atoms with Crippen LogP contribution in [0.2, 0.25) is 0 Å². The number of nitrogens with zero attached hydrogens (tertiary/aromatic N) is 5. The minimum absolute atomic E-state index is 0.00840. The monoisotopic (exact) mass is 304 g/mol. The van der Waals surface area contributed by atoms with Crippen LogP contribution in [-0.2, 0) is 9.59 Å². The summed E-state index contributed by atoms with van der Waals surface area (Å²) in [5, 5.41) is 3.15. The lowest BCUT2D eigenvalue weighted by molar-refractivity contribution is -0.154. The second-order valence-corrected chi connectivity index (χ2v) is 5.52. The predicted octanol–water partition coefficient (Wildman–Crippen LogP) is -0.602. The number of aromatic nitrogens is 2. The molecule has 0 aromatic carbocycles. The molecule has 0 bridgehead atoms. The number of amides is 2. The van der Waals surface area contributed by atoms with Crippen LogP contribution in [0.5, 0.6) is 0 Å². The van der Waals surface area contributed by atoms with Gasteiger partial charge >= 0.3 is 0 Å². The highest BCUT2D eigenvalue weighted by molar-refractivity contribution is 5.95. The van der Waals surface area contributed by atoms with Gasteiger partial charge in [-0.05, 0) is 13.0 Å². The number of hydrogen-bond donors (Lipinski definition) is 1. The molecule has 1 aromatic heterocycles. The second-order valence-electron chi connectivity index (χ2n) is 5.52. The van der Waals surface area contributed by atoms with Crippen LogP contribution in [0.3, 0.4) is 0 Å². The van der Waals surface area contributed by atoms with E-state index in [9.17, 15) is 9.59 Å². The van der Waals surface area contributed by atoms with Gasteiger partial charge in [-0.2, -0.15) is 4.98 Å². The molecule has 22 heavy (non-hydrogen) atoms. The molecule has 3 rings (SSSR count). The lowest BCUT2D eigenvalue weighted by atomic mass is 10.1. The van der Waals surface area contributed by atoms with E-state index in [1.807, 2.05) is 17.9 Å². The Balaban J connectivity index is 1.79. The van der Waals surface area contributed by atoms with E-state index < -0.39 is 6.04 Å². The minimum Gasteiger partial charge on any atom is -0.370 e. The van der Waals surface area contributed by atoms with Gasteiger partial charge in [0, 0.05) is 32.9 Å². The van der Waals surface area contributed by atoms with Crippen molar-refractivity contribution in [3.05, 3.63) is 12.3 Å². The standard InChI is InChI=1S/C14H20N6O2/c1-3-15-11-4-5-16-14(17-11)19-6-7-20-10(8-19)13(22)18(2)9-12(20)21/h4-5,10H,3,6-9H2,1-2H3,(H,15,16,17). The number of carbonyl (C=O) groups is 2. The summed E-state index contributed by atoms with van der Waals surface area (Å²) in [7, 11) is 1.67. The second kappa shape index (κ2) is 5.78. The van der Waals surface area contributed by atoms with E-state index in [0.717, 1.165) is 12.4 Å². The maximum Gasteiger partial charge on any atom is 0.247 e. The van der Waals surface area contributed by atoms with Crippen LogP contribution in [0.1, 0.15) is 6.92 Å². The smallest absolute Gasteiger partial charge is 0.247 e. The molecule has 0 aliphatic carbocycles. The zero-order chi connectivity index (χ0) is 15.7. The van der Waals surface area contributed by atoms with E-state index in [0.29, 0.717) is 25.6 Å². The Morgan fingerprint density at radius 3 is 2.95 bits per heavy atom. The molecule has 8 heteroatoms. The third kappa shape index (κ3) is 2.56. The van der Waals surface area contributed by atoms with E-state index in [1.54, 1.807) is 18.1 Å². The van der Waals surface area contributed by atoms with Crippen LogP contribution in [0.25, 0.3) is 0 Å². The molecule has 1 N–H and O–H groups in total. The normalized spacial score (nSPS) is 21.9. The number of carbonyl (C=O) groups excluding carboxylic acids is 2. The molecule has 3 heterocycles. The Morgan fingerprint density at radius 2 is 2.18 bits per heavy atom. The molecule has 1 atom stereocenters. The number of likely N-dealkylation sites (N-methyl/N-ethyl adjacent to an activating group) is 1. The van der Waals surface area contributed by atoms with Gasteiger partial charge < -0.3 is 20.0 Å². The summed E-state index contributed by atoms with van der Waals surface area (Å²) in [6, 6.07) is 1.37. The molecule has 1 unspecified atom stereocenters. The largest absolute Gasteiger partial charge is 0.370 e. The third-order valence-corrected chi connectivity index (χ3v) is 4.02. The average molecular weight is 304 g/mol. The summed E-state index contributed by atoms with van der Waals surface area (Å²) in [6.07, 6.45) is 1.70. The Labute approximate surface area is 129 Å². The Bertz CT molecular complexity index is 592. The van der Waals surface area contributed by atoms with Gasteiger partial charge in [0.1, 0.15) is 11.9 Å². The van der Waals surface area contributed by atoms with Crippen LogP contribution in [0.15, 0.2) is 12.3 Å². The van der Waals surface area contributed by atoms with E-state index in [-0.39, 0.29) is 18.4 Å². The maximum atomic E-state index is 12.3. The quantitative estimate of drug-likeness (QED) is 0.803. The van der Waals surface area contributed by atoms with E-state index in [2.05, 4.69) is 15.3 Å². The van der Waals surface area contributed by atoms with Crippen LogP contribution >= 0.6 is 0 Å². The van der Waals surface area contributed by atoms with Gasteiger partial charge in [0.05, 0.1) is 13.1 Å². The van der Waals surface area contributed by atoms with Gasteiger partial charge in [0.25, 0.3) is 0 Å². The number of hydrogen-bond acceptors (Lipinski definition) is 6. The van der Waals surface area contributed by atoms with Gasteiger partial charge in [-0.3, -0.25) is 9.59 Å². The summed E-state index contributed by atoms with van der Waals surface area (Å²) >= 11 is 0. The van der Waals surface area contributed by atoms with Gasteiger partial charge in [0.15, 0.2) is 0 Å². The van der Waals surface area contributed by atoms with Crippen molar-refractivity contribution in [3.63, 3.8) is 0 Å². The minimum atomic E-state index is -0.439. The average Bonchev–Trinajstić information content (AvgIpc) is 2.53. The number of fused-ring (bicyclic) bond motifs is 1. The fraction of sp³-hybridized carbons (Fsp3) is 0.571. The molecule has 118 valence electrons. The van der Waals surface area contributed by atoms with E-state index in [1.165, 1.54) is 4.90 Å². The van der Waals surface area contributed by atoms with Gasteiger partial charge in [0.2, 0.25) is 17.8 Å². The van der Waals surface area contributed by atoms with E-state index >= 15 is 0 Å². The van der Waals surface area contributed by atoms with Crippen molar-refractivity contribution in [2.24, 2.45) is 0 Å². The molecule has 8 nitrogen and oxygen atoms in total. The van der Waals surface area contributed by atoms with Crippen LogP contribution < -0.4 is 10.2 Å². The first-order chi connectivity index (χ1) is 10.6. The predicted molar refractivity (Wildman–Crippen MR) is 81.5 cm³/mol. The maximum absolute atomic E-state index is 12.3. The first kappa shape index (κ1) is 14.6. The first-order valence-corrected chi connectivity index (χ1v) is 7.46. The van der Waals surface area contributed by atoms with Crippen molar-refractivity contribution in [2.45, 2.75) is 13.0 Å². The van der Waals surface area contributed by atoms with Crippen molar-refractivity contribution in [1.29, 1.82) is 0 Å². The molecule has 2 aliphatic heterocycles. The Hall–Kier alpha value is -2.38. The van der Waals surface area contributed by atoms with Crippen LogP contribution in [0, 0.1) is 0 Å². The van der Waals surface area contributed by atoms with Crippen molar-refractivity contribution < 1.29 is 9.59 Å². The Kier molecular flexibility index (Phi) is 3.82. The third-order valence-electron chi connectivity index (χ3n) is 4.02. The highest BCUT2D eigenvalue weighted by atomic mass is 16.2. The number of piperazine rings is 2. The molecule has 0 saturated carbocycles.